The molecule has 1 aromatic rings. The summed E-state index contributed by atoms with van der Waals surface area (Å²) in [6.07, 6.45) is 3.57. The molecule has 0 bridgehead atoms. The predicted molar refractivity (Wildman–Crippen MR) is 97.1 cm³/mol. The van der Waals surface area contributed by atoms with E-state index in [-0.39, 0.29) is 17.5 Å². The molecule has 2 aliphatic rings. The second kappa shape index (κ2) is 7.70. The first kappa shape index (κ1) is 19.0. The molecule has 0 spiro atoms. The molecule has 0 saturated heterocycles. The van der Waals surface area contributed by atoms with Crippen LogP contribution in [0.4, 0.5) is 4.39 Å². The van der Waals surface area contributed by atoms with Crippen LogP contribution in [0.3, 0.4) is 0 Å². The minimum Gasteiger partial charge on any atom is -0.483 e. The summed E-state index contributed by atoms with van der Waals surface area (Å²) in [6, 6.07) is 5.51. The number of thioether (sulfide) groups is 1. The Balaban J connectivity index is 0.000000647. The maximum absolute atomic E-state index is 14.4. The first-order valence-corrected chi connectivity index (χ1v) is 9.15. The summed E-state index contributed by atoms with van der Waals surface area (Å²) in [5.74, 6) is 0.337. The predicted octanol–water partition coefficient (Wildman–Crippen LogP) is 4.87. The van der Waals surface area contributed by atoms with E-state index in [1.165, 1.54) is 11.3 Å². The SMILES string of the molecule is CC1C2=C(CCC(C)(C)C2)SC1c1ccc(CN)cc1F.O=CO. The van der Waals surface area contributed by atoms with Gasteiger partial charge in [-0.15, -0.1) is 11.8 Å². The lowest BCUT2D eigenvalue weighted by molar-refractivity contribution is -0.122. The second-order valence-corrected chi connectivity index (χ2v) is 8.52. The van der Waals surface area contributed by atoms with Crippen molar-refractivity contribution in [3.63, 3.8) is 0 Å². The standard InChI is InChI=1S/C18H24FNS.CH2O2/c1-11-14-9-18(2,3)7-6-16(14)21-17(11)13-5-4-12(10-20)8-15(13)19;2-1-3/h4-5,8,11,17H,6-7,9-10,20H2,1-3H3;1H,(H,2,3). The lowest BCUT2D eigenvalue weighted by Gasteiger charge is -2.31. The lowest BCUT2D eigenvalue weighted by Crippen LogP contribution is -2.19. The molecule has 2 unspecified atom stereocenters. The summed E-state index contributed by atoms with van der Waals surface area (Å²) >= 11 is 1.89. The summed E-state index contributed by atoms with van der Waals surface area (Å²) in [6.45, 7) is 7.10. The highest BCUT2D eigenvalue weighted by Crippen LogP contribution is 2.58. The van der Waals surface area contributed by atoms with Crippen LogP contribution in [0.2, 0.25) is 0 Å². The zero-order valence-electron chi connectivity index (χ0n) is 14.5. The number of rotatable bonds is 2. The van der Waals surface area contributed by atoms with E-state index in [0.29, 0.717) is 17.9 Å². The minimum absolute atomic E-state index is 0.0959. The molecule has 1 aliphatic heterocycles. The quantitative estimate of drug-likeness (QED) is 0.746. The van der Waals surface area contributed by atoms with Crippen LogP contribution in [0.1, 0.15) is 56.4 Å². The smallest absolute Gasteiger partial charge is 0.290 e. The lowest BCUT2D eigenvalue weighted by atomic mass is 9.73. The Morgan fingerprint density at radius 1 is 1.46 bits per heavy atom. The van der Waals surface area contributed by atoms with E-state index in [2.05, 4.69) is 20.8 Å². The molecule has 3 rings (SSSR count). The van der Waals surface area contributed by atoms with Crippen molar-refractivity contribution in [2.24, 2.45) is 17.1 Å². The number of halogens is 1. The monoisotopic (exact) mass is 351 g/mol. The first-order chi connectivity index (χ1) is 11.3. The molecule has 3 nitrogen and oxygen atoms in total. The van der Waals surface area contributed by atoms with Gasteiger partial charge in [-0.1, -0.05) is 38.5 Å². The van der Waals surface area contributed by atoms with E-state index in [9.17, 15) is 4.39 Å². The molecule has 24 heavy (non-hydrogen) atoms. The van der Waals surface area contributed by atoms with Crippen LogP contribution in [0.5, 0.6) is 0 Å². The molecule has 0 aromatic heterocycles. The van der Waals surface area contributed by atoms with Crippen LogP contribution in [0.25, 0.3) is 0 Å². The Labute approximate surface area is 147 Å². The van der Waals surface area contributed by atoms with Crippen molar-refractivity contribution in [2.45, 2.75) is 51.8 Å². The average Bonchev–Trinajstić information content (AvgIpc) is 2.83. The Bertz CT molecular complexity index is 642. The molecule has 132 valence electrons. The van der Waals surface area contributed by atoms with E-state index in [0.717, 1.165) is 24.0 Å². The van der Waals surface area contributed by atoms with Gasteiger partial charge in [0.05, 0.1) is 0 Å². The third-order valence-corrected chi connectivity index (χ3v) is 6.60. The maximum atomic E-state index is 14.4. The summed E-state index contributed by atoms with van der Waals surface area (Å²) in [7, 11) is 0. The highest BCUT2D eigenvalue weighted by Gasteiger charge is 2.39. The van der Waals surface area contributed by atoms with Crippen LogP contribution < -0.4 is 5.73 Å². The van der Waals surface area contributed by atoms with E-state index in [1.54, 1.807) is 11.6 Å². The number of carbonyl (C=O) groups is 1. The molecular weight excluding hydrogens is 325 g/mol. The molecule has 1 aliphatic carbocycles. The molecule has 0 radical (unpaired) electrons. The zero-order chi connectivity index (χ0) is 17.9. The highest BCUT2D eigenvalue weighted by atomic mass is 32.2. The third-order valence-electron chi connectivity index (χ3n) is 4.94. The maximum Gasteiger partial charge on any atom is 0.290 e. The fourth-order valence-electron chi connectivity index (χ4n) is 3.56. The van der Waals surface area contributed by atoms with Gasteiger partial charge in [0, 0.05) is 17.4 Å². The first-order valence-electron chi connectivity index (χ1n) is 8.27. The van der Waals surface area contributed by atoms with Gasteiger partial charge in [-0.05, 0) is 47.1 Å². The van der Waals surface area contributed by atoms with E-state index in [4.69, 9.17) is 15.6 Å². The van der Waals surface area contributed by atoms with Crippen LogP contribution in [-0.2, 0) is 11.3 Å². The van der Waals surface area contributed by atoms with Crippen LogP contribution in [0.15, 0.2) is 28.7 Å². The largest absolute Gasteiger partial charge is 0.483 e. The van der Waals surface area contributed by atoms with Gasteiger partial charge in [-0.2, -0.15) is 0 Å². The van der Waals surface area contributed by atoms with Gasteiger partial charge < -0.3 is 10.8 Å². The zero-order valence-corrected chi connectivity index (χ0v) is 15.3. The van der Waals surface area contributed by atoms with E-state index >= 15 is 0 Å². The number of hydrogen-bond donors (Lipinski definition) is 2. The summed E-state index contributed by atoms with van der Waals surface area (Å²) in [5.41, 5.74) is 9.27. The van der Waals surface area contributed by atoms with E-state index < -0.39 is 0 Å². The molecule has 0 amide bonds. The molecule has 1 aromatic carbocycles. The highest BCUT2D eigenvalue weighted by molar-refractivity contribution is 8.03. The van der Waals surface area contributed by atoms with Gasteiger partial charge in [0.1, 0.15) is 5.82 Å². The van der Waals surface area contributed by atoms with Gasteiger partial charge in [0.15, 0.2) is 0 Å². The normalized spacial score (nSPS) is 24.9. The van der Waals surface area contributed by atoms with Gasteiger partial charge >= 0.3 is 0 Å². The van der Waals surface area contributed by atoms with Crippen LogP contribution in [0, 0.1) is 17.2 Å². The molecule has 5 heteroatoms. The van der Waals surface area contributed by atoms with Crippen molar-refractivity contribution in [3.05, 3.63) is 45.6 Å². The van der Waals surface area contributed by atoms with Crippen molar-refractivity contribution in [1.29, 1.82) is 0 Å². The molecule has 0 fully saturated rings. The third kappa shape index (κ3) is 4.01. The summed E-state index contributed by atoms with van der Waals surface area (Å²) in [5, 5.41) is 7.12. The van der Waals surface area contributed by atoms with Gasteiger partial charge in [-0.25, -0.2) is 4.39 Å². The fourth-order valence-corrected chi connectivity index (χ4v) is 5.19. The van der Waals surface area contributed by atoms with Gasteiger partial charge in [0.2, 0.25) is 0 Å². The topological polar surface area (TPSA) is 63.3 Å². The van der Waals surface area contributed by atoms with Crippen molar-refractivity contribution in [2.75, 3.05) is 0 Å². The Morgan fingerprint density at radius 2 is 2.12 bits per heavy atom. The Morgan fingerprint density at radius 3 is 2.71 bits per heavy atom. The van der Waals surface area contributed by atoms with Crippen molar-refractivity contribution < 1.29 is 14.3 Å². The number of benzene rings is 1. The number of allylic oxidation sites excluding steroid dienone is 2. The molecule has 0 saturated carbocycles. The second-order valence-electron chi connectivity index (χ2n) is 7.28. The van der Waals surface area contributed by atoms with Crippen LogP contribution in [-0.4, -0.2) is 11.6 Å². The fraction of sp³-hybridized carbons (Fsp3) is 0.526. The summed E-state index contributed by atoms with van der Waals surface area (Å²) < 4.78 is 14.4. The van der Waals surface area contributed by atoms with Crippen molar-refractivity contribution in [3.8, 4) is 0 Å². The number of hydrogen-bond acceptors (Lipinski definition) is 3. The molecular formula is C19H26FNO2S. The average molecular weight is 351 g/mol. The van der Waals surface area contributed by atoms with Gasteiger partial charge in [-0.3, -0.25) is 4.79 Å². The Kier molecular flexibility index (Phi) is 6.10. The van der Waals surface area contributed by atoms with Crippen LogP contribution >= 0.6 is 11.8 Å². The number of nitrogens with two attached hydrogens (primary N) is 1. The van der Waals surface area contributed by atoms with Gasteiger partial charge in [0.25, 0.3) is 6.47 Å². The molecule has 1 heterocycles. The molecule has 3 N–H and O–H groups in total. The summed E-state index contributed by atoms with van der Waals surface area (Å²) in [4.78, 5) is 9.88. The number of carboxylic acid groups (broad SMARTS) is 1. The van der Waals surface area contributed by atoms with Crippen molar-refractivity contribution in [1.82, 2.24) is 0 Å². The molecule has 2 atom stereocenters. The van der Waals surface area contributed by atoms with E-state index in [1.807, 2.05) is 23.9 Å². The minimum atomic E-state index is -0.250. The Hall–Kier alpha value is -1.33. The van der Waals surface area contributed by atoms with Crippen molar-refractivity contribution >= 4 is 18.2 Å².